The third kappa shape index (κ3) is 10.5. The maximum absolute atomic E-state index is 13.0. The number of nitrogens with two attached hydrogens (primary N) is 2. The molecule has 0 fully saturated rings. The molecule has 7 N–H and O–H groups in total. The van der Waals surface area contributed by atoms with E-state index in [-0.39, 0.29) is 23.2 Å². The zero-order chi connectivity index (χ0) is 32.5. The smallest absolute Gasteiger partial charge is 0.475 e. The predicted molar refractivity (Wildman–Crippen MR) is 153 cm³/mol. The number of anilines is 1. The van der Waals surface area contributed by atoms with E-state index in [4.69, 9.17) is 26.2 Å². The molecule has 0 radical (unpaired) electrons. The van der Waals surface area contributed by atoms with Crippen LogP contribution in [0.5, 0.6) is 0 Å². The lowest BCUT2D eigenvalue weighted by Crippen LogP contribution is -2.41. The molecule has 0 aliphatic rings. The van der Waals surface area contributed by atoms with Crippen molar-refractivity contribution in [1.29, 1.82) is 5.41 Å². The van der Waals surface area contributed by atoms with Gasteiger partial charge in [-0.15, -0.1) is 0 Å². The number of aliphatic carboxylic acids is 1. The average molecular weight is 622 g/mol. The van der Waals surface area contributed by atoms with Crippen LogP contribution in [-0.2, 0) is 31.0 Å². The Hall–Kier alpha value is -4.76. The molecule has 0 spiro atoms. The van der Waals surface area contributed by atoms with Crippen molar-refractivity contribution in [2.45, 2.75) is 31.5 Å². The molecule has 0 aliphatic heterocycles. The van der Waals surface area contributed by atoms with Gasteiger partial charge in [-0.2, -0.15) is 13.2 Å². The van der Waals surface area contributed by atoms with Gasteiger partial charge in [-0.3, -0.25) is 15.0 Å². The fourth-order valence-electron chi connectivity index (χ4n) is 3.73. The summed E-state index contributed by atoms with van der Waals surface area (Å²) in [5, 5.41) is 22.7. The number of carboxylic acid groups (broad SMARTS) is 1. The van der Waals surface area contributed by atoms with E-state index >= 15 is 0 Å². The number of nitrogen functional groups attached to an aromatic ring is 1. The SMILES string of the molecule is CC(C)CN(Cc1cccc(C(=N)N)c1)C(=O)C(=O)Nc1ccc(-c2ccccc2S(N)(=O)=O)cc1.O=C(O)C(F)(F)F. The molecule has 0 aromatic heterocycles. The van der Waals surface area contributed by atoms with Crippen LogP contribution in [0.25, 0.3) is 11.1 Å². The highest BCUT2D eigenvalue weighted by Gasteiger charge is 2.38. The molecule has 0 heterocycles. The van der Waals surface area contributed by atoms with Gasteiger partial charge in [0.15, 0.2) is 0 Å². The summed E-state index contributed by atoms with van der Waals surface area (Å²) in [5.74, 6) is -4.20. The minimum Gasteiger partial charge on any atom is -0.475 e. The lowest BCUT2D eigenvalue weighted by atomic mass is 10.1. The van der Waals surface area contributed by atoms with Gasteiger partial charge in [0.1, 0.15) is 5.84 Å². The van der Waals surface area contributed by atoms with Gasteiger partial charge in [0.2, 0.25) is 10.0 Å². The summed E-state index contributed by atoms with van der Waals surface area (Å²) in [6.45, 7) is 4.44. The number of hydrogen-bond acceptors (Lipinski definition) is 6. The number of carboxylic acids is 1. The van der Waals surface area contributed by atoms with Crippen LogP contribution in [-0.4, -0.2) is 54.8 Å². The van der Waals surface area contributed by atoms with Gasteiger partial charge in [-0.05, 0) is 41.3 Å². The number of amidine groups is 1. The number of carbonyl (C=O) groups excluding carboxylic acids is 2. The largest absolute Gasteiger partial charge is 0.490 e. The standard InChI is InChI=1S/C26H29N5O4S.C2HF3O2/c1-17(2)15-31(16-18-6-5-7-20(14-18)24(27)28)26(33)25(32)30-21-12-10-19(11-13-21)22-8-3-4-9-23(22)36(29,34)35;3-2(4,5)1(6)7/h3-14,17H,15-16H2,1-2H3,(H3,27,28)(H,30,32)(H2,29,34,35);(H,6,7). The Kier molecular flexibility index (Phi) is 11.5. The fraction of sp³-hybridized carbons (Fsp3) is 0.214. The maximum Gasteiger partial charge on any atom is 0.490 e. The third-order valence-corrected chi connectivity index (χ3v) is 6.54. The monoisotopic (exact) mass is 621 g/mol. The van der Waals surface area contributed by atoms with Gasteiger partial charge < -0.3 is 21.1 Å². The van der Waals surface area contributed by atoms with Crippen molar-refractivity contribution in [1.82, 2.24) is 4.90 Å². The number of nitrogens with zero attached hydrogens (tertiary/aromatic N) is 1. The second-order valence-corrected chi connectivity index (χ2v) is 11.1. The third-order valence-electron chi connectivity index (χ3n) is 5.57. The van der Waals surface area contributed by atoms with E-state index in [0.29, 0.717) is 28.9 Å². The number of primary sulfonamides is 1. The quantitative estimate of drug-likeness (QED) is 0.144. The van der Waals surface area contributed by atoms with Crippen LogP contribution in [0.15, 0.2) is 77.7 Å². The Morgan fingerprint density at radius 1 is 1.00 bits per heavy atom. The summed E-state index contributed by atoms with van der Waals surface area (Å²) in [6.07, 6.45) is -5.08. The normalized spacial score (nSPS) is 11.2. The molecular formula is C28H30F3N5O6S. The zero-order valence-electron chi connectivity index (χ0n) is 23.1. The molecule has 0 saturated heterocycles. The molecule has 0 bridgehead atoms. The number of sulfonamides is 1. The Balaban J connectivity index is 0.000000821. The first-order valence-corrected chi connectivity index (χ1v) is 14.0. The van der Waals surface area contributed by atoms with Gasteiger partial charge >= 0.3 is 24.0 Å². The van der Waals surface area contributed by atoms with E-state index in [2.05, 4.69) is 5.32 Å². The first-order valence-electron chi connectivity index (χ1n) is 12.5. The molecule has 15 heteroatoms. The molecule has 0 atom stereocenters. The van der Waals surface area contributed by atoms with E-state index in [9.17, 15) is 31.2 Å². The van der Waals surface area contributed by atoms with Crippen molar-refractivity contribution in [2.24, 2.45) is 16.8 Å². The van der Waals surface area contributed by atoms with Crippen LogP contribution in [0.2, 0.25) is 0 Å². The maximum atomic E-state index is 13.0. The lowest BCUT2D eigenvalue weighted by molar-refractivity contribution is -0.192. The van der Waals surface area contributed by atoms with Crippen LogP contribution in [0, 0.1) is 11.3 Å². The topological polar surface area (TPSA) is 197 Å². The van der Waals surface area contributed by atoms with Gasteiger partial charge in [-0.25, -0.2) is 18.4 Å². The van der Waals surface area contributed by atoms with E-state index in [0.717, 1.165) is 5.56 Å². The van der Waals surface area contributed by atoms with Crippen molar-refractivity contribution >= 4 is 39.3 Å². The lowest BCUT2D eigenvalue weighted by Gasteiger charge is -2.24. The average Bonchev–Trinajstić information content (AvgIpc) is 2.92. The second-order valence-electron chi connectivity index (χ2n) is 9.57. The Morgan fingerprint density at radius 2 is 1.58 bits per heavy atom. The first-order chi connectivity index (χ1) is 19.9. The first kappa shape index (κ1) is 34.4. The molecule has 230 valence electrons. The van der Waals surface area contributed by atoms with Crippen LogP contribution in [0.1, 0.15) is 25.0 Å². The number of amides is 2. The number of hydrogen-bond donors (Lipinski definition) is 5. The number of halogens is 3. The number of carbonyl (C=O) groups is 3. The molecule has 11 nitrogen and oxygen atoms in total. The molecule has 0 saturated carbocycles. The molecule has 43 heavy (non-hydrogen) atoms. The van der Waals surface area contributed by atoms with Crippen molar-refractivity contribution in [3.63, 3.8) is 0 Å². The Bertz CT molecular complexity index is 1590. The molecule has 3 aromatic rings. The van der Waals surface area contributed by atoms with Gasteiger partial charge in [0.25, 0.3) is 0 Å². The van der Waals surface area contributed by atoms with Crippen molar-refractivity contribution in [2.75, 3.05) is 11.9 Å². The van der Waals surface area contributed by atoms with E-state index in [1.165, 1.54) is 11.0 Å². The number of rotatable bonds is 8. The molecule has 0 unspecified atom stereocenters. The van der Waals surface area contributed by atoms with Crippen molar-refractivity contribution in [3.8, 4) is 11.1 Å². The Labute approximate surface area is 245 Å². The zero-order valence-corrected chi connectivity index (χ0v) is 23.9. The van der Waals surface area contributed by atoms with E-state index in [1.54, 1.807) is 60.7 Å². The Morgan fingerprint density at radius 3 is 2.09 bits per heavy atom. The van der Waals surface area contributed by atoms with Crippen LogP contribution < -0.4 is 16.2 Å². The second kappa shape index (κ2) is 14.4. The summed E-state index contributed by atoms with van der Waals surface area (Å²) in [5.41, 5.74) is 8.27. The summed E-state index contributed by atoms with van der Waals surface area (Å²) < 4.78 is 55.5. The number of benzene rings is 3. The summed E-state index contributed by atoms with van der Waals surface area (Å²) in [7, 11) is -3.91. The van der Waals surface area contributed by atoms with Gasteiger partial charge in [-0.1, -0.05) is 62.4 Å². The summed E-state index contributed by atoms with van der Waals surface area (Å²) >= 11 is 0. The highest BCUT2D eigenvalue weighted by molar-refractivity contribution is 7.89. The highest BCUT2D eigenvalue weighted by atomic mass is 32.2. The highest BCUT2D eigenvalue weighted by Crippen LogP contribution is 2.27. The fourth-order valence-corrected chi connectivity index (χ4v) is 4.49. The summed E-state index contributed by atoms with van der Waals surface area (Å²) in [4.78, 5) is 36.2. The summed E-state index contributed by atoms with van der Waals surface area (Å²) in [6, 6.07) is 19.8. The van der Waals surface area contributed by atoms with Crippen molar-refractivity contribution in [3.05, 3.63) is 83.9 Å². The van der Waals surface area contributed by atoms with E-state index < -0.39 is 34.0 Å². The number of alkyl halides is 3. The number of nitrogens with one attached hydrogen (secondary N) is 2. The van der Waals surface area contributed by atoms with Crippen molar-refractivity contribution < 1.29 is 41.1 Å². The minimum absolute atomic E-state index is 0.00451. The molecule has 3 aromatic carbocycles. The van der Waals surface area contributed by atoms with Crippen LogP contribution in [0.3, 0.4) is 0 Å². The molecular weight excluding hydrogens is 591 g/mol. The van der Waals surface area contributed by atoms with Crippen LogP contribution in [0.4, 0.5) is 18.9 Å². The van der Waals surface area contributed by atoms with Gasteiger partial charge in [0.05, 0.1) is 4.90 Å². The van der Waals surface area contributed by atoms with E-state index in [1.807, 2.05) is 19.9 Å². The predicted octanol–water partition coefficient (Wildman–Crippen LogP) is 3.54. The minimum atomic E-state index is -5.08. The molecule has 3 rings (SSSR count). The van der Waals surface area contributed by atoms with Gasteiger partial charge in [0, 0.05) is 29.9 Å². The molecule has 2 amide bonds. The van der Waals surface area contributed by atoms with Crippen LogP contribution >= 0.6 is 0 Å². The molecule has 0 aliphatic carbocycles.